The highest BCUT2D eigenvalue weighted by molar-refractivity contribution is 5.50. The van der Waals surface area contributed by atoms with Crippen LogP contribution in [0.2, 0.25) is 0 Å². The Morgan fingerprint density at radius 2 is 1.35 bits per heavy atom. The van der Waals surface area contributed by atoms with Crippen LogP contribution in [0.4, 0.5) is 11.4 Å². The first kappa shape index (κ1) is 14.1. The van der Waals surface area contributed by atoms with E-state index < -0.39 is 0 Å². The molecular weight excluding hydrogens is 252 g/mol. The van der Waals surface area contributed by atoms with Crippen LogP contribution in [0.5, 0.6) is 11.5 Å². The molecule has 2 rings (SSSR count). The van der Waals surface area contributed by atoms with Gasteiger partial charge in [-0.3, -0.25) is 0 Å². The highest BCUT2D eigenvalue weighted by Crippen LogP contribution is 2.34. The minimum atomic E-state index is -0.159. The molecule has 0 heterocycles. The van der Waals surface area contributed by atoms with Gasteiger partial charge in [0.05, 0.1) is 11.4 Å². The van der Waals surface area contributed by atoms with Gasteiger partial charge in [0.15, 0.2) is 0 Å². The molecule has 0 aliphatic heterocycles. The van der Waals surface area contributed by atoms with Gasteiger partial charge in [-0.25, -0.2) is 0 Å². The molecular formula is C16H18N2O2. The summed E-state index contributed by atoms with van der Waals surface area (Å²) < 4.78 is 0. The van der Waals surface area contributed by atoms with Crippen molar-refractivity contribution in [2.24, 2.45) is 10.2 Å². The number of nitrogens with zero attached hydrogens (tertiary/aromatic N) is 2. The predicted molar refractivity (Wildman–Crippen MR) is 79.1 cm³/mol. The number of aromatic hydroxyl groups is 2. The van der Waals surface area contributed by atoms with E-state index in [2.05, 4.69) is 10.2 Å². The maximum Gasteiger partial charge on any atom is 0.119 e. The van der Waals surface area contributed by atoms with Gasteiger partial charge in [-0.2, -0.15) is 10.2 Å². The second-order valence-corrected chi connectivity index (χ2v) is 5.67. The molecule has 0 saturated carbocycles. The Morgan fingerprint density at radius 3 is 1.95 bits per heavy atom. The SMILES string of the molecule is CC(C)(C)c1cc(/N=N/c2ccc(O)cc2)ccc1O. The van der Waals surface area contributed by atoms with Crippen LogP contribution in [-0.4, -0.2) is 10.2 Å². The largest absolute Gasteiger partial charge is 0.508 e. The normalized spacial score (nSPS) is 11.9. The summed E-state index contributed by atoms with van der Waals surface area (Å²) in [5.74, 6) is 0.463. The lowest BCUT2D eigenvalue weighted by Gasteiger charge is -2.20. The topological polar surface area (TPSA) is 65.2 Å². The monoisotopic (exact) mass is 270 g/mol. The Kier molecular flexibility index (Phi) is 3.74. The number of azo groups is 1. The van der Waals surface area contributed by atoms with Gasteiger partial charge >= 0.3 is 0 Å². The van der Waals surface area contributed by atoms with Crippen LogP contribution in [0.25, 0.3) is 0 Å². The maximum atomic E-state index is 9.89. The van der Waals surface area contributed by atoms with Gasteiger partial charge < -0.3 is 10.2 Å². The fourth-order valence-electron chi connectivity index (χ4n) is 1.82. The average molecular weight is 270 g/mol. The molecule has 0 atom stereocenters. The maximum absolute atomic E-state index is 9.89. The van der Waals surface area contributed by atoms with Crippen LogP contribution < -0.4 is 0 Å². The first-order valence-corrected chi connectivity index (χ1v) is 6.40. The van der Waals surface area contributed by atoms with Crippen molar-refractivity contribution in [1.82, 2.24) is 0 Å². The fourth-order valence-corrected chi connectivity index (χ4v) is 1.82. The van der Waals surface area contributed by atoms with E-state index in [-0.39, 0.29) is 16.9 Å². The summed E-state index contributed by atoms with van der Waals surface area (Å²) in [7, 11) is 0. The molecule has 2 N–H and O–H groups in total. The van der Waals surface area contributed by atoms with Crippen molar-refractivity contribution in [3.8, 4) is 11.5 Å². The van der Waals surface area contributed by atoms with Crippen molar-refractivity contribution in [2.75, 3.05) is 0 Å². The lowest BCUT2D eigenvalue weighted by molar-refractivity contribution is 0.447. The zero-order valence-electron chi connectivity index (χ0n) is 11.8. The fraction of sp³-hybridized carbons (Fsp3) is 0.250. The lowest BCUT2D eigenvalue weighted by atomic mass is 9.86. The molecule has 2 aromatic carbocycles. The van der Waals surface area contributed by atoms with Crippen molar-refractivity contribution in [3.05, 3.63) is 48.0 Å². The molecule has 0 spiro atoms. The van der Waals surface area contributed by atoms with Gasteiger partial charge in [0.2, 0.25) is 0 Å². The highest BCUT2D eigenvalue weighted by Gasteiger charge is 2.18. The zero-order valence-corrected chi connectivity index (χ0v) is 11.8. The van der Waals surface area contributed by atoms with E-state index in [0.29, 0.717) is 11.4 Å². The van der Waals surface area contributed by atoms with Gasteiger partial charge in [-0.1, -0.05) is 20.8 Å². The Labute approximate surface area is 118 Å². The third-order valence-electron chi connectivity index (χ3n) is 2.92. The third-order valence-corrected chi connectivity index (χ3v) is 2.92. The predicted octanol–water partition coefficient (Wildman–Crippen LogP) is 4.81. The van der Waals surface area contributed by atoms with Gasteiger partial charge in [-0.15, -0.1) is 0 Å². The van der Waals surface area contributed by atoms with Crippen LogP contribution in [-0.2, 0) is 5.41 Å². The lowest BCUT2D eigenvalue weighted by Crippen LogP contribution is -2.10. The van der Waals surface area contributed by atoms with E-state index in [1.807, 2.05) is 26.8 Å². The van der Waals surface area contributed by atoms with Crippen LogP contribution >= 0.6 is 0 Å². The van der Waals surface area contributed by atoms with Crippen molar-refractivity contribution in [1.29, 1.82) is 0 Å². The molecule has 0 bridgehead atoms. The third kappa shape index (κ3) is 3.35. The van der Waals surface area contributed by atoms with Gasteiger partial charge in [0, 0.05) is 5.56 Å². The molecule has 0 aliphatic rings. The molecule has 2 aromatic rings. The second kappa shape index (κ2) is 5.33. The van der Waals surface area contributed by atoms with Crippen molar-refractivity contribution >= 4 is 11.4 Å². The average Bonchev–Trinajstić information content (AvgIpc) is 2.38. The van der Waals surface area contributed by atoms with E-state index >= 15 is 0 Å². The molecule has 4 nitrogen and oxygen atoms in total. The Bertz CT molecular complexity index is 626. The molecule has 0 radical (unpaired) electrons. The Morgan fingerprint density at radius 1 is 0.800 bits per heavy atom. The standard InChI is InChI=1S/C16H18N2O2/c1-16(2,3)14-10-12(6-9-15(14)20)18-17-11-4-7-13(19)8-5-11/h4-10,19-20H,1-3H3/b18-17+. The minimum absolute atomic E-state index is 0.159. The second-order valence-electron chi connectivity index (χ2n) is 5.67. The Hall–Kier alpha value is -2.36. The van der Waals surface area contributed by atoms with Gasteiger partial charge in [-0.05, 0) is 47.9 Å². The van der Waals surface area contributed by atoms with Crippen molar-refractivity contribution in [2.45, 2.75) is 26.2 Å². The highest BCUT2D eigenvalue weighted by atomic mass is 16.3. The van der Waals surface area contributed by atoms with Gasteiger partial charge in [0.1, 0.15) is 11.5 Å². The molecule has 0 saturated heterocycles. The first-order valence-electron chi connectivity index (χ1n) is 6.40. The molecule has 0 fully saturated rings. The smallest absolute Gasteiger partial charge is 0.119 e. The van der Waals surface area contributed by atoms with Crippen LogP contribution in [0, 0.1) is 0 Å². The molecule has 0 unspecified atom stereocenters. The van der Waals surface area contributed by atoms with Crippen LogP contribution in [0.3, 0.4) is 0 Å². The molecule has 0 aliphatic carbocycles. The van der Waals surface area contributed by atoms with Crippen LogP contribution in [0.15, 0.2) is 52.7 Å². The summed E-state index contributed by atoms with van der Waals surface area (Å²) in [4.78, 5) is 0. The number of hydrogen-bond acceptors (Lipinski definition) is 4. The summed E-state index contributed by atoms with van der Waals surface area (Å²) in [5.41, 5.74) is 2.02. The molecule has 104 valence electrons. The summed E-state index contributed by atoms with van der Waals surface area (Å²) in [6.45, 7) is 6.09. The van der Waals surface area contributed by atoms with E-state index in [1.165, 1.54) is 0 Å². The van der Waals surface area contributed by atoms with E-state index in [4.69, 9.17) is 0 Å². The van der Waals surface area contributed by atoms with Gasteiger partial charge in [0.25, 0.3) is 0 Å². The summed E-state index contributed by atoms with van der Waals surface area (Å²) in [5, 5.41) is 27.3. The number of benzene rings is 2. The quantitative estimate of drug-likeness (QED) is 0.769. The number of hydrogen-bond donors (Lipinski definition) is 2. The minimum Gasteiger partial charge on any atom is -0.508 e. The molecule has 0 aromatic heterocycles. The summed E-state index contributed by atoms with van der Waals surface area (Å²) in [6.07, 6.45) is 0. The number of phenols is 2. The zero-order chi connectivity index (χ0) is 14.8. The summed E-state index contributed by atoms with van der Waals surface area (Å²) in [6, 6.07) is 11.7. The number of rotatable bonds is 2. The van der Waals surface area contributed by atoms with Crippen molar-refractivity contribution in [3.63, 3.8) is 0 Å². The molecule has 0 amide bonds. The van der Waals surface area contributed by atoms with Crippen LogP contribution in [0.1, 0.15) is 26.3 Å². The first-order chi connectivity index (χ1) is 9.36. The molecule has 4 heteroatoms. The molecule has 20 heavy (non-hydrogen) atoms. The number of phenolic OH excluding ortho intramolecular Hbond substituents is 2. The van der Waals surface area contributed by atoms with E-state index in [9.17, 15) is 10.2 Å². The summed E-state index contributed by atoms with van der Waals surface area (Å²) >= 11 is 0. The Balaban J connectivity index is 2.28. The van der Waals surface area contributed by atoms with E-state index in [1.54, 1.807) is 36.4 Å². The van der Waals surface area contributed by atoms with Crippen molar-refractivity contribution < 1.29 is 10.2 Å². The van der Waals surface area contributed by atoms with E-state index in [0.717, 1.165) is 5.56 Å².